The number of nitrogens with one attached hydrogen (secondary N) is 2. The van der Waals surface area contributed by atoms with E-state index in [1.807, 2.05) is 6.07 Å². The zero-order chi connectivity index (χ0) is 9.80. The first-order valence-electron chi connectivity index (χ1n) is 4.91. The van der Waals surface area contributed by atoms with E-state index in [0.29, 0.717) is 12.6 Å². The number of amides is 2. The van der Waals surface area contributed by atoms with Crippen LogP contribution in [0.3, 0.4) is 0 Å². The van der Waals surface area contributed by atoms with Crippen molar-refractivity contribution in [1.82, 2.24) is 10.6 Å². The van der Waals surface area contributed by atoms with Gasteiger partial charge in [0.2, 0.25) is 0 Å². The predicted octanol–water partition coefficient (Wildman–Crippen LogP) is 1.63. The summed E-state index contributed by atoms with van der Waals surface area (Å²) in [5.41, 5.74) is 0. The van der Waals surface area contributed by atoms with E-state index < -0.39 is 0 Å². The van der Waals surface area contributed by atoms with Crippen LogP contribution in [0.1, 0.15) is 25.0 Å². The lowest BCUT2D eigenvalue weighted by molar-refractivity contribution is 0.227. The molecule has 1 saturated carbocycles. The van der Waals surface area contributed by atoms with E-state index in [4.69, 9.17) is 4.42 Å². The summed E-state index contributed by atoms with van der Waals surface area (Å²) in [4.78, 5) is 11.3. The molecule has 0 atom stereocenters. The van der Waals surface area contributed by atoms with Gasteiger partial charge in [0.1, 0.15) is 5.76 Å². The summed E-state index contributed by atoms with van der Waals surface area (Å²) in [6.07, 6.45) is 5.03. The number of hydrogen-bond donors (Lipinski definition) is 2. The second kappa shape index (κ2) is 4.17. The Kier molecular flexibility index (Phi) is 2.72. The molecule has 0 bridgehead atoms. The van der Waals surface area contributed by atoms with Gasteiger partial charge in [0, 0.05) is 6.04 Å². The van der Waals surface area contributed by atoms with E-state index in [9.17, 15) is 4.79 Å². The van der Waals surface area contributed by atoms with Crippen molar-refractivity contribution in [2.45, 2.75) is 31.8 Å². The van der Waals surface area contributed by atoms with Crippen LogP contribution < -0.4 is 10.6 Å². The lowest BCUT2D eigenvalue weighted by Gasteiger charge is -2.26. The van der Waals surface area contributed by atoms with Crippen LogP contribution in [0.2, 0.25) is 0 Å². The Labute approximate surface area is 82.7 Å². The van der Waals surface area contributed by atoms with Gasteiger partial charge in [-0.15, -0.1) is 0 Å². The second-order valence-electron chi connectivity index (χ2n) is 3.53. The lowest BCUT2D eigenvalue weighted by Crippen LogP contribution is -2.44. The summed E-state index contributed by atoms with van der Waals surface area (Å²) in [5.74, 6) is 0.772. The van der Waals surface area contributed by atoms with E-state index in [1.54, 1.807) is 12.3 Å². The molecule has 1 aromatic heterocycles. The molecule has 0 unspecified atom stereocenters. The van der Waals surface area contributed by atoms with Crippen molar-refractivity contribution >= 4 is 6.03 Å². The van der Waals surface area contributed by atoms with Gasteiger partial charge in [-0.1, -0.05) is 0 Å². The summed E-state index contributed by atoms with van der Waals surface area (Å²) in [7, 11) is 0. The molecule has 0 saturated heterocycles. The Balaban J connectivity index is 1.67. The monoisotopic (exact) mass is 194 g/mol. The van der Waals surface area contributed by atoms with Crippen LogP contribution in [0, 0.1) is 0 Å². The molecular weight excluding hydrogens is 180 g/mol. The van der Waals surface area contributed by atoms with Crippen LogP contribution in [0.4, 0.5) is 4.79 Å². The lowest BCUT2D eigenvalue weighted by atomic mass is 9.93. The number of hydrogen-bond acceptors (Lipinski definition) is 2. The van der Waals surface area contributed by atoms with Crippen molar-refractivity contribution in [3.63, 3.8) is 0 Å². The quantitative estimate of drug-likeness (QED) is 0.768. The molecule has 4 heteroatoms. The molecule has 0 aliphatic heterocycles. The number of furan rings is 1. The molecule has 76 valence electrons. The highest BCUT2D eigenvalue weighted by Gasteiger charge is 2.18. The van der Waals surface area contributed by atoms with Crippen molar-refractivity contribution in [1.29, 1.82) is 0 Å². The minimum absolute atomic E-state index is 0.105. The first kappa shape index (κ1) is 9.12. The smallest absolute Gasteiger partial charge is 0.315 e. The number of urea groups is 1. The van der Waals surface area contributed by atoms with E-state index >= 15 is 0 Å². The molecule has 0 spiro atoms. The fraction of sp³-hybridized carbons (Fsp3) is 0.500. The zero-order valence-electron chi connectivity index (χ0n) is 7.95. The topological polar surface area (TPSA) is 54.3 Å². The van der Waals surface area contributed by atoms with Crippen LogP contribution in [0.5, 0.6) is 0 Å². The van der Waals surface area contributed by atoms with Crippen LogP contribution in [-0.2, 0) is 6.54 Å². The Bertz CT molecular complexity index is 291. The van der Waals surface area contributed by atoms with E-state index in [1.165, 1.54) is 6.42 Å². The van der Waals surface area contributed by atoms with Crippen molar-refractivity contribution in [2.75, 3.05) is 0 Å². The molecule has 2 rings (SSSR count). The summed E-state index contributed by atoms with van der Waals surface area (Å²) in [6, 6.07) is 3.92. The highest BCUT2D eigenvalue weighted by atomic mass is 16.3. The van der Waals surface area contributed by atoms with E-state index in [2.05, 4.69) is 10.6 Å². The van der Waals surface area contributed by atoms with Gasteiger partial charge in [-0.3, -0.25) is 0 Å². The Hall–Kier alpha value is -1.45. The van der Waals surface area contributed by atoms with Crippen molar-refractivity contribution in [2.24, 2.45) is 0 Å². The molecule has 0 radical (unpaired) electrons. The maximum absolute atomic E-state index is 11.3. The zero-order valence-corrected chi connectivity index (χ0v) is 7.95. The largest absolute Gasteiger partial charge is 0.467 e. The molecule has 1 aromatic rings. The number of rotatable bonds is 3. The highest BCUT2D eigenvalue weighted by molar-refractivity contribution is 5.74. The fourth-order valence-corrected chi connectivity index (χ4v) is 1.37. The van der Waals surface area contributed by atoms with Gasteiger partial charge < -0.3 is 15.1 Å². The summed E-state index contributed by atoms with van der Waals surface area (Å²) in [6.45, 7) is 0.450. The third-order valence-corrected chi connectivity index (χ3v) is 2.44. The van der Waals surface area contributed by atoms with Gasteiger partial charge in [0.05, 0.1) is 12.8 Å². The predicted molar refractivity (Wildman–Crippen MR) is 51.7 cm³/mol. The molecule has 2 amide bonds. The minimum atomic E-state index is -0.105. The van der Waals surface area contributed by atoms with Crippen LogP contribution in [0.15, 0.2) is 22.8 Å². The molecular formula is C10H14N2O2. The molecule has 4 nitrogen and oxygen atoms in total. The average molecular weight is 194 g/mol. The summed E-state index contributed by atoms with van der Waals surface area (Å²) >= 11 is 0. The van der Waals surface area contributed by atoms with Crippen molar-refractivity contribution in [3.8, 4) is 0 Å². The first-order chi connectivity index (χ1) is 6.84. The van der Waals surface area contributed by atoms with Crippen LogP contribution in [-0.4, -0.2) is 12.1 Å². The summed E-state index contributed by atoms with van der Waals surface area (Å²) < 4.78 is 5.09. The number of carbonyl (C=O) groups is 1. The third kappa shape index (κ3) is 2.28. The van der Waals surface area contributed by atoms with Gasteiger partial charge in [-0.25, -0.2) is 4.79 Å². The van der Waals surface area contributed by atoms with Gasteiger partial charge >= 0.3 is 6.03 Å². The molecule has 1 aliphatic carbocycles. The van der Waals surface area contributed by atoms with E-state index in [0.717, 1.165) is 18.6 Å². The van der Waals surface area contributed by atoms with Gasteiger partial charge in [-0.2, -0.15) is 0 Å². The highest BCUT2D eigenvalue weighted by Crippen LogP contribution is 2.17. The van der Waals surface area contributed by atoms with Gasteiger partial charge in [-0.05, 0) is 31.4 Å². The Morgan fingerprint density at radius 1 is 1.57 bits per heavy atom. The maximum Gasteiger partial charge on any atom is 0.315 e. The van der Waals surface area contributed by atoms with Gasteiger partial charge in [0.15, 0.2) is 0 Å². The molecule has 14 heavy (non-hydrogen) atoms. The van der Waals surface area contributed by atoms with Crippen LogP contribution in [0.25, 0.3) is 0 Å². The molecule has 1 aliphatic rings. The number of carbonyl (C=O) groups excluding carboxylic acids is 1. The summed E-state index contributed by atoms with van der Waals surface area (Å²) in [5, 5.41) is 5.63. The third-order valence-electron chi connectivity index (χ3n) is 2.44. The normalized spacial score (nSPS) is 16.0. The van der Waals surface area contributed by atoms with Crippen molar-refractivity contribution in [3.05, 3.63) is 24.2 Å². The van der Waals surface area contributed by atoms with Crippen LogP contribution >= 0.6 is 0 Å². The first-order valence-corrected chi connectivity index (χ1v) is 4.91. The fourth-order valence-electron chi connectivity index (χ4n) is 1.37. The second-order valence-corrected chi connectivity index (χ2v) is 3.53. The molecule has 2 N–H and O–H groups in total. The molecule has 1 fully saturated rings. The minimum Gasteiger partial charge on any atom is -0.467 e. The van der Waals surface area contributed by atoms with E-state index in [-0.39, 0.29) is 6.03 Å². The standard InChI is InChI=1S/C10H14N2O2/c13-10(12-8-3-1-4-8)11-7-9-5-2-6-14-9/h2,5-6,8H,1,3-4,7H2,(H2,11,12,13). The SMILES string of the molecule is O=C(NCc1ccco1)NC1CCC1. The van der Waals surface area contributed by atoms with Gasteiger partial charge in [0.25, 0.3) is 0 Å². The van der Waals surface area contributed by atoms with Crippen molar-refractivity contribution < 1.29 is 9.21 Å². The molecule has 1 heterocycles. The Morgan fingerprint density at radius 2 is 2.43 bits per heavy atom. The Morgan fingerprint density at radius 3 is 3.00 bits per heavy atom. The maximum atomic E-state index is 11.3. The molecule has 0 aromatic carbocycles. The average Bonchev–Trinajstić information content (AvgIpc) is 2.60.